The topological polar surface area (TPSA) is 61.8 Å². The molecule has 1 aromatic rings. The maximum atomic E-state index is 12.4. The first kappa shape index (κ1) is 18.3. The molecule has 0 amide bonds. The van der Waals surface area contributed by atoms with Crippen LogP contribution in [0.25, 0.3) is 0 Å². The van der Waals surface area contributed by atoms with E-state index in [1.54, 1.807) is 0 Å². The van der Waals surface area contributed by atoms with Crippen LogP contribution in [0, 0.1) is 19.3 Å². The fourth-order valence-electron chi connectivity index (χ4n) is 3.40. The molecule has 0 N–H and O–H groups in total. The summed E-state index contributed by atoms with van der Waals surface area (Å²) < 4.78 is 15.7. The van der Waals surface area contributed by atoms with Gasteiger partial charge in [-0.3, -0.25) is 9.59 Å². The van der Waals surface area contributed by atoms with Gasteiger partial charge in [-0.2, -0.15) is 0 Å². The molecule has 0 aromatic heterocycles. The second kappa shape index (κ2) is 7.24. The lowest BCUT2D eigenvalue weighted by molar-refractivity contribution is -0.168. The molecule has 0 fully saturated rings. The molecule has 0 atom stereocenters. The first-order valence-corrected chi connectivity index (χ1v) is 8.32. The Hall–Kier alpha value is -2.04. The van der Waals surface area contributed by atoms with E-state index in [-0.39, 0.29) is 0 Å². The summed E-state index contributed by atoms with van der Waals surface area (Å²) in [6.45, 7) is 6.74. The van der Waals surface area contributed by atoms with Crippen molar-refractivity contribution in [2.45, 2.75) is 46.5 Å². The molecule has 0 radical (unpaired) electrons. The van der Waals surface area contributed by atoms with E-state index in [9.17, 15) is 9.59 Å². The summed E-state index contributed by atoms with van der Waals surface area (Å²) in [5.41, 5.74) is 2.74. The fourth-order valence-corrected chi connectivity index (χ4v) is 3.40. The summed E-state index contributed by atoms with van der Waals surface area (Å²) in [5, 5.41) is 0. The van der Waals surface area contributed by atoms with E-state index < -0.39 is 17.4 Å². The van der Waals surface area contributed by atoms with Gasteiger partial charge in [-0.25, -0.2) is 0 Å². The highest BCUT2D eigenvalue weighted by Gasteiger charge is 2.53. The first-order valence-electron chi connectivity index (χ1n) is 8.32. The second-order valence-corrected chi connectivity index (χ2v) is 6.39. The van der Waals surface area contributed by atoms with E-state index in [0.29, 0.717) is 19.4 Å². The molecule has 1 aliphatic rings. The number of esters is 2. The number of methoxy groups -OCH3 is 2. The molecular formula is C19H26O5. The van der Waals surface area contributed by atoms with E-state index in [1.807, 2.05) is 19.9 Å². The Morgan fingerprint density at radius 3 is 2.21 bits per heavy atom. The number of hydrogen-bond donors (Lipinski definition) is 0. The Morgan fingerprint density at radius 1 is 1.08 bits per heavy atom. The zero-order valence-corrected chi connectivity index (χ0v) is 15.2. The highest BCUT2D eigenvalue weighted by molar-refractivity contribution is 6.01. The Balaban J connectivity index is 2.43. The van der Waals surface area contributed by atoms with E-state index in [0.717, 1.165) is 40.8 Å². The first-order chi connectivity index (χ1) is 11.4. The van der Waals surface area contributed by atoms with Gasteiger partial charge in [0.25, 0.3) is 0 Å². The van der Waals surface area contributed by atoms with Gasteiger partial charge in [-0.05, 0) is 48.6 Å². The van der Waals surface area contributed by atoms with Crippen LogP contribution in [-0.2, 0) is 31.9 Å². The largest absolute Gasteiger partial charge is 0.493 e. The van der Waals surface area contributed by atoms with Gasteiger partial charge in [-0.15, -0.1) is 0 Å². The minimum absolute atomic E-state index is 0.291. The third-order valence-corrected chi connectivity index (χ3v) is 4.87. The number of fused-ring (bicyclic) bond motifs is 1. The molecule has 0 bridgehead atoms. The lowest BCUT2D eigenvalue weighted by Crippen LogP contribution is -2.42. The Labute approximate surface area is 143 Å². The third kappa shape index (κ3) is 2.99. The molecule has 1 aliphatic carbocycles. The maximum Gasteiger partial charge on any atom is 0.323 e. The molecule has 1 aromatic carbocycles. The predicted octanol–water partition coefficient (Wildman–Crippen LogP) is 2.91. The summed E-state index contributed by atoms with van der Waals surface area (Å²) >= 11 is 0. The molecule has 0 unspecified atom stereocenters. The monoisotopic (exact) mass is 334 g/mol. The maximum absolute atomic E-state index is 12.4. The number of rotatable bonds is 6. The van der Waals surface area contributed by atoms with Crippen molar-refractivity contribution < 1.29 is 23.8 Å². The van der Waals surface area contributed by atoms with E-state index in [2.05, 4.69) is 6.92 Å². The van der Waals surface area contributed by atoms with E-state index in [1.165, 1.54) is 14.2 Å². The van der Waals surface area contributed by atoms with Crippen LogP contribution in [0.4, 0.5) is 0 Å². The molecule has 2 rings (SSSR count). The van der Waals surface area contributed by atoms with Crippen molar-refractivity contribution in [1.82, 2.24) is 0 Å². The smallest absolute Gasteiger partial charge is 0.323 e. The Morgan fingerprint density at radius 2 is 1.67 bits per heavy atom. The van der Waals surface area contributed by atoms with Crippen molar-refractivity contribution in [2.24, 2.45) is 5.41 Å². The van der Waals surface area contributed by atoms with Gasteiger partial charge in [-0.1, -0.05) is 13.3 Å². The minimum Gasteiger partial charge on any atom is -0.493 e. The minimum atomic E-state index is -1.29. The van der Waals surface area contributed by atoms with E-state index >= 15 is 0 Å². The molecule has 24 heavy (non-hydrogen) atoms. The van der Waals surface area contributed by atoms with Gasteiger partial charge < -0.3 is 14.2 Å². The lowest BCUT2D eigenvalue weighted by Gasteiger charge is -2.22. The van der Waals surface area contributed by atoms with Crippen molar-refractivity contribution >= 4 is 11.9 Å². The second-order valence-electron chi connectivity index (χ2n) is 6.39. The van der Waals surface area contributed by atoms with Crippen molar-refractivity contribution in [1.29, 1.82) is 0 Å². The van der Waals surface area contributed by atoms with Crippen molar-refractivity contribution in [2.75, 3.05) is 20.8 Å². The fraction of sp³-hybridized carbons (Fsp3) is 0.579. The van der Waals surface area contributed by atoms with Gasteiger partial charge in [0.2, 0.25) is 0 Å². The van der Waals surface area contributed by atoms with Crippen LogP contribution < -0.4 is 4.74 Å². The molecule has 5 nitrogen and oxygen atoms in total. The molecule has 5 heteroatoms. The number of hydrogen-bond acceptors (Lipinski definition) is 5. The summed E-state index contributed by atoms with van der Waals surface area (Å²) in [6.07, 6.45) is 2.66. The number of benzene rings is 1. The number of unbranched alkanes of at least 4 members (excludes halogenated alkanes) is 1. The highest BCUT2D eigenvalue weighted by Crippen LogP contribution is 2.44. The van der Waals surface area contributed by atoms with Crippen LogP contribution >= 0.6 is 0 Å². The number of carbonyl (C=O) groups is 2. The third-order valence-electron chi connectivity index (χ3n) is 4.87. The van der Waals surface area contributed by atoms with Crippen LogP contribution in [0.2, 0.25) is 0 Å². The molecular weight excluding hydrogens is 308 g/mol. The average Bonchev–Trinajstić information content (AvgIpc) is 3.00. The zero-order valence-electron chi connectivity index (χ0n) is 15.2. The van der Waals surface area contributed by atoms with Gasteiger partial charge >= 0.3 is 11.9 Å². The van der Waals surface area contributed by atoms with Crippen molar-refractivity contribution in [3.63, 3.8) is 0 Å². The van der Waals surface area contributed by atoms with E-state index in [4.69, 9.17) is 14.2 Å². The van der Waals surface area contributed by atoms with Gasteiger partial charge in [0.15, 0.2) is 5.41 Å². The molecule has 0 heterocycles. The SMILES string of the molecule is CCCCOc1cc(C)c2c(c1C)CC(C(=O)OC)(C(=O)OC)C2. The summed E-state index contributed by atoms with van der Waals surface area (Å²) in [4.78, 5) is 24.7. The molecule has 0 aliphatic heterocycles. The lowest BCUT2D eigenvalue weighted by atomic mass is 9.84. The van der Waals surface area contributed by atoms with Crippen LogP contribution in [0.3, 0.4) is 0 Å². The van der Waals surface area contributed by atoms with Crippen LogP contribution in [0.5, 0.6) is 5.75 Å². The van der Waals surface area contributed by atoms with Gasteiger partial charge in [0.05, 0.1) is 20.8 Å². The highest BCUT2D eigenvalue weighted by atomic mass is 16.5. The van der Waals surface area contributed by atoms with Crippen LogP contribution in [0.15, 0.2) is 6.07 Å². The Kier molecular flexibility index (Phi) is 5.52. The number of carbonyl (C=O) groups excluding carboxylic acids is 2. The quantitative estimate of drug-likeness (QED) is 0.455. The summed E-state index contributed by atoms with van der Waals surface area (Å²) in [6, 6.07) is 1.99. The standard InChI is InChI=1S/C19H26O5/c1-6-7-8-24-16-9-12(2)14-10-19(17(20)22-4,18(21)23-5)11-15(14)13(16)3/h9H,6-8,10-11H2,1-5H3. The molecule has 0 saturated heterocycles. The van der Waals surface area contributed by atoms with Crippen LogP contribution in [0.1, 0.15) is 42.0 Å². The summed E-state index contributed by atoms with van der Waals surface area (Å²) in [7, 11) is 2.60. The molecule has 0 spiro atoms. The predicted molar refractivity (Wildman–Crippen MR) is 90.2 cm³/mol. The normalized spacial score (nSPS) is 14.9. The number of aryl methyl sites for hydroxylation is 1. The molecule has 132 valence electrons. The summed E-state index contributed by atoms with van der Waals surface area (Å²) in [5.74, 6) is -0.263. The average molecular weight is 334 g/mol. The van der Waals surface area contributed by atoms with Crippen LogP contribution in [-0.4, -0.2) is 32.8 Å². The Bertz CT molecular complexity index is 632. The van der Waals surface area contributed by atoms with Gasteiger partial charge in [0.1, 0.15) is 5.75 Å². The molecule has 0 saturated carbocycles. The van der Waals surface area contributed by atoms with Crippen molar-refractivity contribution in [3.05, 3.63) is 28.3 Å². The van der Waals surface area contributed by atoms with Gasteiger partial charge in [0, 0.05) is 12.8 Å². The zero-order chi connectivity index (χ0) is 17.9. The van der Waals surface area contributed by atoms with Crippen molar-refractivity contribution in [3.8, 4) is 5.75 Å². The number of ether oxygens (including phenoxy) is 3.